The van der Waals surface area contributed by atoms with Gasteiger partial charge in [-0.2, -0.15) is 5.26 Å². The molecular formula is C12H7N3O3. The Kier molecular flexibility index (Phi) is 3.16. The molecule has 0 radical (unpaired) electrons. The lowest BCUT2D eigenvalue weighted by Gasteiger charge is -2.05. The van der Waals surface area contributed by atoms with Crippen molar-refractivity contribution in [2.24, 2.45) is 0 Å². The Labute approximate surface area is 102 Å². The van der Waals surface area contributed by atoms with E-state index in [0.29, 0.717) is 11.3 Å². The Morgan fingerprint density at radius 2 is 2.22 bits per heavy atom. The average Bonchev–Trinajstić information content (AvgIpc) is 2.39. The first kappa shape index (κ1) is 11.5. The summed E-state index contributed by atoms with van der Waals surface area (Å²) in [5, 5.41) is 19.6. The zero-order valence-electron chi connectivity index (χ0n) is 9.11. The van der Waals surface area contributed by atoms with Crippen molar-refractivity contribution >= 4 is 5.69 Å². The molecule has 18 heavy (non-hydrogen) atoms. The van der Waals surface area contributed by atoms with E-state index in [9.17, 15) is 10.1 Å². The first-order chi connectivity index (χ1) is 8.70. The number of hydrogen-bond donors (Lipinski definition) is 0. The number of rotatable bonds is 3. The fraction of sp³-hybridized carbons (Fsp3) is 0. The monoisotopic (exact) mass is 241 g/mol. The van der Waals surface area contributed by atoms with Gasteiger partial charge >= 0.3 is 5.69 Å². The summed E-state index contributed by atoms with van der Waals surface area (Å²) in [4.78, 5) is 14.1. The zero-order chi connectivity index (χ0) is 13.0. The summed E-state index contributed by atoms with van der Waals surface area (Å²) in [7, 11) is 0. The zero-order valence-corrected chi connectivity index (χ0v) is 9.11. The van der Waals surface area contributed by atoms with Crippen LogP contribution in [0.2, 0.25) is 0 Å². The second-order valence-corrected chi connectivity index (χ2v) is 3.34. The maximum Gasteiger partial charge on any atom is 0.311 e. The van der Waals surface area contributed by atoms with Crippen molar-refractivity contribution in [3.05, 3.63) is 58.4 Å². The molecule has 2 aromatic rings. The minimum Gasteiger partial charge on any atom is -0.448 e. The van der Waals surface area contributed by atoms with Gasteiger partial charge in [0.25, 0.3) is 0 Å². The van der Waals surface area contributed by atoms with Crippen LogP contribution in [0.25, 0.3) is 0 Å². The van der Waals surface area contributed by atoms with Gasteiger partial charge in [-0.3, -0.25) is 15.1 Å². The molecule has 0 amide bonds. The van der Waals surface area contributed by atoms with Gasteiger partial charge in [-0.25, -0.2) is 0 Å². The number of hydrogen-bond acceptors (Lipinski definition) is 5. The van der Waals surface area contributed by atoms with Crippen LogP contribution >= 0.6 is 0 Å². The van der Waals surface area contributed by atoms with Gasteiger partial charge in [0.1, 0.15) is 5.75 Å². The number of nitro groups is 1. The van der Waals surface area contributed by atoms with Crippen molar-refractivity contribution in [1.82, 2.24) is 4.98 Å². The van der Waals surface area contributed by atoms with Crippen LogP contribution in [-0.2, 0) is 0 Å². The van der Waals surface area contributed by atoms with Crippen molar-refractivity contribution in [3.63, 3.8) is 0 Å². The van der Waals surface area contributed by atoms with Crippen LogP contribution in [0.1, 0.15) is 5.56 Å². The number of nitro benzene ring substituents is 1. The van der Waals surface area contributed by atoms with Crippen LogP contribution in [0.3, 0.4) is 0 Å². The van der Waals surface area contributed by atoms with Gasteiger partial charge in [-0.1, -0.05) is 0 Å². The summed E-state index contributed by atoms with van der Waals surface area (Å²) >= 11 is 0. The molecule has 6 nitrogen and oxygen atoms in total. The maximum absolute atomic E-state index is 10.8. The molecular weight excluding hydrogens is 234 g/mol. The van der Waals surface area contributed by atoms with Crippen LogP contribution in [0.4, 0.5) is 5.69 Å². The molecule has 0 unspecified atom stereocenters. The highest BCUT2D eigenvalue weighted by Gasteiger charge is 2.16. The number of benzene rings is 1. The summed E-state index contributed by atoms with van der Waals surface area (Å²) in [6, 6.07) is 9.10. The lowest BCUT2D eigenvalue weighted by molar-refractivity contribution is -0.385. The second-order valence-electron chi connectivity index (χ2n) is 3.34. The molecule has 0 spiro atoms. The first-order valence-corrected chi connectivity index (χ1v) is 4.97. The third kappa shape index (κ3) is 2.41. The fourth-order valence-corrected chi connectivity index (χ4v) is 1.35. The summed E-state index contributed by atoms with van der Waals surface area (Å²) in [6.45, 7) is 0. The van der Waals surface area contributed by atoms with Crippen LogP contribution in [0.15, 0.2) is 42.7 Å². The van der Waals surface area contributed by atoms with E-state index in [1.807, 2.05) is 6.07 Å². The van der Waals surface area contributed by atoms with E-state index in [-0.39, 0.29) is 11.4 Å². The SMILES string of the molecule is N#Cc1ccc([N+](=O)[O-])c(Oc2cccnc2)c1. The Morgan fingerprint density at radius 1 is 1.39 bits per heavy atom. The minimum absolute atomic E-state index is 0.0204. The standard InChI is InChI=1S/C12H7N3O3/c13-7-9-3-4-11(15(16)17)12(6-9)18-10-2-1-5-14-8-10/h1-6,8H. The third-order valence-electron chi connectivity index (χ3n) is 2.15. The molecule has 1 aromatic carbocycles. The number of ether oxygens (including phenoxy) is 1. The summed E-state index contributed by atoms with van der Waals surface area (Å²) in [5.41, 5.74) is 0.0948. The Hall–Kier alpha value is -2.94. The molecule has 0 aliphatic rings. The van der Waals surface area contributed by atoms with Crippen molar-refractivity contribution < 1.29 is 9.66 Å². The van der Waals surface area contributed by atoms with Crippen molar-refractivity contribution in [2.45, 2.75) is 0 Å². The van der Waals surface area contributed by atoms with Gasteiger partial charge in [0.15, 0.2) is 0 Å². The van der Waals surface area contributed by atoms with Crippen LogP contribution in [0, 0.1) is 21.4 Å². The van der Waals surface area contributed by atoms with Crippen molar-refractivity contribution in [2.75, 3.05) is 0 Å². The molecule has 1 aromatic heterocycles. The summed E-state index contributed by atoms with van der Waals surface area (Å²) in [5.74, 6) is 0.391. The molecule has 0 bridgehead atoms. The number of aromatic nitrogens is 1. The van der Waals surface area contributed by atoms with E-state index in [2.05, 4.69) is 4.98 Å². The van der Waals surface area contributed by atoms with Gasteiger partial charge in [0, 0.05) is 18.3 Å². The van der Waals surface area contributed by atoms with Gasteiger partial charge in [-0.15, -0.1) is 0 Å². The maximum atomic E-state index is 10.8. The predicted molar refractivity (Wildman–Crippen MR) is 62.1 cm³/mol. The highest BCUT2D eigenvalue weighted by atomic mass is 16.6. The lowest BCUT2D eigenvalue weighted by Crippen LogP contribution is -1.94. The van der Waals surface area contributed by atoms with Gasteiger partial charge in [-0.05, 0) is 18.2 Å². The quantitative estimate of drug-likeness (QED) is 0.608. The van der Waals surface area contributed by atoms with Crippen molar-refractivity contribution in [1.29, 1.82) is 5.26 Å². The number of nitrogens with zero attached hydrogens (tertiary/aromatic N) is 3. The molecule has 0 saturated heterocycles. The molecule has 0 N–H and O–H groups in total. The van der Waals surface area contributed by atoms with Gasteiger partial charge in [0.2, 0.25) is 5.75 Å². The molecule has 1 heterocycles. The van der Waals surface area contributed by atoms with E-state index in [4.69, 9.17) is 10.00 Å². The normalized spacial score (nSPS) is 9.50. The van der Waals surface area contributed by atoms with E-state index in [1.54, 1.807) is 18.3 Å². The van der Waals surface area contributed by atoms with Crippen molar-refractivity contribution in [3.8, 4) is 17.6 Å². The Balaban J connectivity index is 2.42. The molecule has 0 fully saturated rings. The van der Waals surface area contributed by atoms with E-state index in [0.717, 1.165) is 0 Å². The smallest absolute Gasteiger partial charge is 0.311 e. The molecule has 0 aliphatic carbocycles. The van der Waals surface area contributed by atoms with E-state index >= 15 is 0 Å². The summed E-state index contributed by atoms with van der Waals surface area (Å²) < 4.78 is 5.36. The molecule has 88 valence electrons. The average molecular weight is 241 g/mol. The Bertz CT molecular complexity index is 620. The molecule has 2 rings (SSSR count). The highest BCUT2D eigenvalue weighted by Crippen LogP contribution is 2.31. The molecule has 0 atom stereocenters. The lowest BCUT2D eigenvalue weighted by atomic mass is 10.2. The largest absolute Gasteiger partial charge is 0.448 e. The number of nitriles is 1. The molecule has 0 aliphatic heterocycles. The van der Waals surface area contributed by atoms with Gasteiger partial charge in [0.05, 0.1) is 22.8 Å². The fourth-order valence-electron chi connectivity index (χ4n) is 1.35. The minimum atomic E-state index is -0.563. The predicted octanol–water partition coefficient (Wildman–Crippen LogP) is 2.65. The van der Waals surface area contributed by atoms with E-state index in [1.165, 1.54) is 24.4 Å². The Morgan fingerprint density at radius 3 is 2.83 bits per heavy atom. The molecule has 0 saturated carbocycles. The third-order valence-corrected chi connectivity index (χ3v) is 2.15. The number of pyridine rings is 1. The molecule has 6 heteroatoms. The van der Waals surface area contributed by atoms with E-state index < -0.39 is 4.92 Å². The second kappa shape index (κ2) is 4.93. The summed E-state index contributed by atoms with van der Waals surface area (Å²) in [6.07, 6.45) is 3.00. The first-order valence-electron chi connectivity index (χ1n) is 4.97. The van der Waals surface area contributed by atoms with Crippen LogP contribution < -0.4 is 4.74 Å². The highest BCUT2D eigenvalue weighted by molar-refractivity contribution is 5.52. The van der Waals surface area contributed by atoms with Gasteiger partial charge < -0.3 is 4.74 Å². The van der Waals surface area contributed by atoms with Crippen LogP contribution in [0.5, 0.6) is 11.5 Å². The topological polar surface area (TPSA) is 89.0 Å². The van der Waals surface area contributed by atoms with Crippen LogP contribution in [-0.4, -0.2) is 9.91 Å².